The maximum absolute atomic E-state index is 13.6. The summed E-state index contributed by atoms with van der Waals surface area (Å²) in [5, 5.41) is 3.10. The number of fused-ring (bicyclic) bond motifs is 1. The maximum Gasteiger partial charge on any atom is 0.375 e. The number of para-hydroxylation sites is 1. The molecule has 1 amide bonds. The summed E-state index contributed by atoms with van der Waals surface area (Å²) in [6, 6.07) is 10.9. The smallest absolute Gasteiger partial charge is 0.375 e. The Labute approximate surface area is 154 Å². The highest BCUT2D eigenvalue weighted by Gasteiger charge is 2.24. The van der Waals surface area contributed by atoms with Gasteiger partial charge in [-0.25, -0.2) is 9.18 Å². The van der Waals surface area contributed by atoms with Crippen LogP contribution in [0.15, 0.2) is 46.9 Å². The average molecular weight is 371 g/mol. The van der Waals surface area contributed by atoms with E-state index >= 15 is 0 Å². The highest BCUT2D eigenvalue weighted by Crippen LogP contribution is 2.29. The molecule has 1 heterocycles. The Hall–Kier alpha value is -3.35. The normalized spacial score (nSPS) is 11.9. The van der Waals surface area contributed by atoms with E-state index in [4.69, 9.17) is 13.9 Å². The minimum Gasteiger partial charge on any atom is -0.497 e. The van der Waals surface area contributed by atoms with Gasteiger partial charge in [0.25, 0.3) is 5.91 Å². The Morgan fingerprint density at radius 1 is 1.19 bits per heavy atom. The van der Waals surface area contributed by atoms with Crippen molar-refractivity contribution in [2.45, 2.75) is 20.0 Å². The first-order valence-electron chi connectivity index (χ1n) is 8.24. The number of nitrogens with one attached hydrogen (secondary N) is 1. The minimum absolute atomic E-state index is 0.00351. The number of amides is 1. The third-order valence-electron chi connectivity index (χ3n) is 4.11. The molecule has 0 spiro atoms. The maximum atomic E-state index is 13.6. The van der Waals surface area contributed by atoms with Crippen molar-refractivity contribution in [3.05, 3.63) is 59.6 Å². The minimum atomic E-state index is -1.14. The Morgan fingerprint density at radius 3 is 2.63 bits per heavy atom. The summed E-state index contributed by atoms with van der Waals surface area (Å²) in [6.07, 6.45) is -1.14. The Balaban J connectivity index is 1.74. The molecule has 0 radical (unpaired) electrons. The second-order valence-corrected chi connectivity index (χ2v) is 5.93. The number of esters is 1. The molecule has 1 atom stereocenters. The lowest BCUT2D eigenvalue weighted by Crippen LogP contribution is -2.30. The van der Waals surface area contributed by atoms with Gasteiger partial charge < -0.3 is 19.2 Å². The van der Waals surface area contributed by atoms with Gasteiger partial charge in [-0.1, -0.05) is 12.1 Å². The van der Waals surface area contributed by atoms with Crippen LogP contribution in [0.4, 0.5) is 10.1 Å². The van der Waals surface area contributed by atoms with Crippen LogP contribution in [0.3, 0.4) is 0 Å². The van der Waals surface area contributed by atoms with Gasteiger partial charge in [0.05, 0.1) is 12.8 Å². The van der Waals surface area contributed by atoms with Crippen molar-refractivity contribution in [2.24, 2.45) is 0 Å². The van der Waals surface area contributed by atoms with Gasteiger partial charge in [-0.3, -0.25) is 4.79 Å². The Morgan fingerprint density at radius 2 is 1.93 bits per heavy atom. The van der Waals surface area contributed by atoms with Gasteiger partial charge in [-0.05, 0) is 44.2 Å². The fraction of sp³-hybridized carbons (Fsp3) is 0.200. The number of furan rings is 1. The molecule has 2 aromatic carbocycles. The van der Waals surface area contributed by atoms with E-state index in [0.29, 0.717) is 22.3 Å². The molecule has 3 rings (SSSR count). The quantitative estimate of drug-likeness (QED) is 0.684. The fourth-order valence-electron chi connectivity index (χ4n) is 2.59. The van der Waals surface area contributed by atoms with Crippen molar-refractivity contribution in [1.82, 2.24) is 0 Å². The van der Waals surface area contributed by atoms with Gasteiger partial charge in [-0.15, -0.1) is 0 Å². The number of rotatable bonds is 5. The second-order valence-electron chi connectivity index (χ2n) is 5.93. The van der Waals surface area contributed by atoms with Gasteiger partial charge >= 0.3 is 5.97 Å². The summed E-state index contributed by atoms with van der Waals surface area (Å²) >= 11 is 0. The molecule has 140 valence electrons. The molecule has 0 aliphatic heterocycles. The van der Waals surface area contributed by atoms with E-state index in [1.165, 1.54) is 25.1 Å². The number of hydrogen-bond acceptors (Lipinski definition) is 5. The molecule has 1 N–H and O–H groups in total. The van der Waals surface area contributed by atoms with Crippen LogP contribution >= 0.6 is 0 Å². The summed E-state index contributed by atoms with van der Waals surface area (Å²) in [4.78, 5) is 24.6. The zero-order valence-electron chi connectivity index (χ0n) is 15.0. The van der Waals surface area contributed by atoms with E-state index in [1.807, 2.05) is 0 Å². The van der Waals surface area contributed by atoms with E-state index in [-0.39, 0.29) is 11.4 Å². The third kappa shape index (κ3) is 3.76. The van der Waals surface area contributed by atoms with Gasteiger partial charge in [0.1, 0.15) is 17.1 Å². The van der Waals surface area contributed by atoms with Crippen LogP contribution in [0.25, 0.3) is 11.0 Å². The summed E-state index contributed by atoms with van der Waals surface area (Å²) in [5.74, 6) is -1.37. The summed E-state index contributed by atoms with van der Waals surface area (Å²) in [5.41, 5.74) is 1.09. The number of carbonyl (C=O) groups is 2. The topological polar surface area (TPSA) is 77.8 Å². The number of aryl methyl sites for hydroxylation is 1. The van der Waals surface area contributed by atoms with E-state index in [0.717, 1.165) is 0 Å². The van der Waals surface area contributed by atoms with E-state index in [9.17, 15) is 14.0 Å². The van der Waals surface area contributed by atoms with E-state index in [2.05, 4.69) is 5.32 Å². The number of halogens is 1. The van der Waals surface area contributed by atoms with Crippen LogP contribution in [-0.4, -0.2) is 25.1 Å². The lowest BCUT2D eigenvalue weighted by molar-refractivity contribution is -0.123. The third-order valence-corrected chi connectivity index (χ3v) is 4.11. The van der Waals surface area contributed by atoms with E-state index < -0.39 is 23.8 Å². The van der Waals surface area contributed by atoms with Crippen molar-refractivity contribution in [3.8, 4) is 5.75 Å². The molecule has 3 aromatic rings. The van der Waals surface area contributed by atoms with E-state index in [1.54, 1.807) is 38.3 Å². The first kappa shape index (κ1) is 18.4. The van der Waals surface area contributed by atoms with Gasteiger partial charge in [0.2, 0.25) is 5.76 Å². The predicted octanol–water partition coefficient (Wildman–Crippen LogP) is 4.07. The highest BCUT2D eigenvalue weighted by molar-refractivity contribution is 5.99. The van der Waals surface area contributed by atoms with Gasteiger partial charge in [0.15, 0.2) is 6.10 Å². The summed E-state index contributed by atoms with van der Waals surface area (Å²) in [7, 11) is 1.54. The second kappa shape index (κ2) is 7.49. The van der Waals surface area contributed by atoms with Crippen LogP contribution in [0.2, 0.25) is 0 Å². The van der Waals surface area contributed by atoms with Gasteiger partial charge in [-0.2, -0.15) is 0 Å². The molecule has 0 aliphatic rings. The number of benzene rings is 2. The van der Waals surface area contributed by atoms with Crippen molar-refractivity contribution >= 4 is 28.5 Å². The molecular formula is C20H18FNO5. The lowest BCUT2D eigenvalue weighted by Gasteiger charge is -2.13. The summed E-state index contributed by atoms with van der Waals surface area (Å²) < 4.78 is 29.5. The molecule has 0 fully saturated rings. The van der Waals surface area contributed by atoms with Crippen molar-refractivity contribution in [2.75, 3.05) is 12.4 Å². The standard InChI is InChI=1S/C20H18FNO5/c1-11-14-10-13(25-3)8-9-17(14)27-18(11)20(24)26-12(2)19(23)22-16-7-5-4-6-15(16)21/h4-10,12H,1-3H3,(H,22,23)/t12-/m1/s1. The molecule has 0 aliphatic carbocycles. The number of ether oxygens (including phenoxy) is 2. The number of hydrogen-bond donors (Lipinski definition) is 1. The number of methoxy groups -OCH3 is 1. The predicted molar refractivity (Wildman–Crippen MR) is 97.4 cm³/mol. The zero-order valence-corrected chi connectivity index (χ0v) is 15.0. The fourth-order valence-corrected chi connectivity index (χ4v) is 2.59. The molecular weight excluding hydrogens is 353 g/mol. The molecule has 6 nitrogen and oxygen atoms in total. The Kier molecular flexibility index (Phi) is 5.12. The van der Waals surface area contributed by atoms with Crippen LogP contribution < -0.4 is 10.1 Å². The van der Waals surface area contributed by atoms with Crippen molar-refractivity contribution < 1.29 is 27.9 Å². The van der Waals surface area contributed by atoms with Gasteiger partial charge in [0, 0.05) is 10.9 Å². The van der Waals surface area contributed by atoms with Crippen molar-refractivity contribution in [1.29, 1.82) is 0 Å². The lowest BCUT2D eigenvalue weighted by atomic mass is 10.1. The number of carbonyl (C=O) groups excluding carboxylic acids is 2. The molecule has 7 heteroatoms. The van der Waals surface area contributed by atoms with Crippen LogP contribution in [-0.2, 0) is 9.53 Å². The van der Waals surface area contributed by atoms with Crippen LogP contribution in [0.5, 0.6) is 5.75 Å². The highest BCUT2D eigenvalue weighted by atomic mass is 19.1. The first-order valence-corrected chi connectivity index (χ1v) is 8.24. The molecule has 27 heavy (non-hydrogen) atoms. The SMILES string of the molecule is COc1ccc2oc(C(=O)O[C@H](C)C(=O)Nc3ccccc3F)c(C)c2c1. The van der Waals surface area contributed by atoms with Crippen LogP contribution in [0, 0.1) is 12.7 Å². The largest absolute Gasteiger partial charge is 0.497 e. The molecule has 0 saturated heterocycles. The summed E-state index contributed by atoms with van der Waals surface area (Å²) in [6.45, 7) is 3.11. The molecule has 0 bridgehead atoms. The first-order chi connectivity index (χ1) is 12.9. The zero-order chi connectivity index (χ0) is 19.6. The average Bonchev–Trinajstić information content (AvgIpc) is 2.99. The molecule has 0 unspecified atom stereocenters. The van der Waals surface area contributed by atoms with Crippen LogP contribution in [0.1, 0.15) is 23.0 Å². The number of anilines is 1. The molecule has 0 saturated carbocycles. The monoisotopic (exact) mass is 371 g/mol. The Bertz CT molecular complexity index is 1010. The molecule has 1 aromatic heterocycles. The van der Waals surface area contributed by atoms with Crippen molar-refractivity contribution in [3.63, 3.8) is 0 Å².